The number of carbonyl (C=O) groups excluding carboxylic acids is 1. The fourth-order valence-corrected chi connectivity index (χ4v) is 2.05. The number of aromatic carboxylic acids is 1. The maximum absolute atomic E-state index is 11.8. The average Bonchev–Trinajstić information content (AvgIpc) is 2.64. The van der Waals surface area contributed by atoms with E-state index in [0.29, 0.717) is 12.5 Å². The van der Waals surface area contributed by atoms with E-state index in [1.807, 2.05) is 13.8 Å². The van der Waals surface area contributed by atoms with Gasteiger partial charge < -0.3 is 10.0 Å². The maximum atomic E-state index is 11.8. The molecule has 0 aliphatic carbocycles. The summed E-state index contributed by atoms with van der Waals surface area (Å²) in [4.78, 5) is 27.7. The van der Waals surface area contributed by atoms with E-state index < -0.39 is 5.97 Å². The number of amides is 1. The molecular weight excluding hydrogens is 228 g/mol. The van der Waals surface area contributed by atoms with Gasteiger partial charge in [0.2, 0.25) is 0 Å². The molecule has 0 aromatic carbocycles. The van der Waals surface area contributed by atoms with E-state index in [2.05, 4.69) is 4.98 Å². The number of hydrogen-bond acceptors (Lipinski definition) is 4. The molecule has 1 aromatic rings. The molecular formula is C10H14N2O3S. The highest BCUT2D eigenvalue weighted by Crippen LogP contribution is 2.12. The first-order chi connectivity index (χ1) is 7.41. The molecule has 1 heterocycles. The highest BCUT2D eigenvalue weighted by molar-refractivity contribution is 7.11. The summed E-state index contributed by atoms with van der Waals surface area (Å²) in [6.07, 6.45) is 0. The number of rotatable bonds is 4. The minimum atomic E-state index is -1.11. The Morgan fingerprint density at radius 2 is 2.19 bits per heavy atom. The standard InChI is InChI=1S/C10H14N2O3S/c1-6(2)4-12(3)9(13)8-11-7(5-16-8)10(14)15/h5-6H,4H2,1-3H3,(H,14,15). The van der Waals surface area contributed by atoms with Crippen LogP contribution in [0, 0.1) is 5.92 Å². The molecule has 16 heavy (non-hydrogen) atoms. The SMILES string of the molecule is CC(C)CN(C)C(=O)c1nc(C(=O)O)cs1. The third-order valence-electron chi connectivity index (χ3n) is 1.89. The van der Waals surface area contributed by atoms with Gasteiger partial charge in [0.05, 0.1) is 0 Å². The molecule has 6 heteroatoms. The van der Waals surface area contributed by atoms with Crippen LogP contribution in [0.5, 0.6) is 0 Å². The first kappa shape index (κ1) is 12.6. The Morgan fingerprint density at radius 3 is 2.62 bits per heavy atom. The summed E-state index contributed by atoms with van der Waals surface area (Å²) in [7, 11) is 1.68. The predicted molar refractivity (Wildman–Crippen MR) is 60.9 cm³/mol. The van der Waals surface area contributed by atoms with Crippen molar-refractivity contribution in [2.45, 2.75) is 13.8 Å². The molecule has 0 aliphatic heterocycles. The smallest absolute Gasteiger partial charge is 0.355 e. The summed E-state index contributed by atoms with van der Waals surface area (Å²) in [5.74, 6) is -0.971. The normalized spacial score (nSPS) is 10.5. The molecule has 1 amide bonds. The first-order valence-corrected chi connectivity index (χ1v) is 5.74. The van der Waals surface area contributed by atoms with E-state index in [1.165, 1.54) is 5.38 Å². The van der Waals surface area contributed by atoms with E-state index in [1.54, 1.807) is 11.9 Å². The van der Waals surface area contributed by atoms with Crippen LogP contribution < -0.4 is 0 Å². The van der Waals surface area contributed by atoms with Crippen LogP contribution in [0.3, 0.4) is 0 Å². The third-order valence-corrected chi connectivity index (χ3v) is 2.72. The molecule has 0 unspecified atom stereocenters. The van der Waals surface area contributed by atoms with Gasteiger partial charge in [-0.3, -0.25) is 4.79 Å². The van der Waals surface area contributed by atoms with Gasteiger partial charge in [-0.05, 0) is 5.92 Å². The lowest BCUT2D eigenvalue weighted by Crippen LogP contribution is -2.30. The summed E-state index contributed by atoms with van der Waals surface area (Å²) in [6.45, 7) is 4.64. The number of carbonyl (C=O) groups is 2. The summed E-state index contributed by atoms with van der Waals surface area (Å²) in [6, 6.07) is 0. The maximum Gasteiger partial charge on any atom is 0.355 e. The Balaban J connectivity index is 2.76. The van der Waals surface area contributed by atoms with Crippen molar-refractivity contribution in [1.82, 2.24) is 9.88 Å². The third kappa shape index (κ3) is 3.03. The molecule has 1 aromatic heterocycles. The molecule has 0 saturated heterocycles. The molecule has 0 fully saturated rings. The van der Waals surface area contributed by atoms with Gasteiger partial charge in [-0.25, -0.2) is 9.78 Å². The predicted octanol–water partition coefficient (Wildman–Crippen LogP) is 1.57. The molecule has 0 saturated carbocycles. The zero-order valence-electron chi connectivity index (χ0n) is 9.43. The summed E-state index contributed by atoms with van der Waals surface area (Å²) in [5.41, 5.74) is -0.0775. The van der Waals surface area contributed by atoms with Crippen molar-refractivity contribution >= 4 is 23.2 Å². The molecule has 1 rings (SSSR count). The largest absolute Gasteiger partial charge is 0.476 e. The van der Waals surface area contributed by atoms with Crippen LogP contribution in [0.15, 0.2) is 5.38 Å². The second-order valence-corrected chi connectivity index (χ2v) is 4.78. The molecule has 0 aliphatic rings. The highest BCUT2D eigenvalue weighted by Gasteiger charge is 2.18. The fourth-order valence-electron chi connectivity index (χ4n) is 1.26. The van der Waals surface area contributed by atoms with Crippen LogP contribution in [0.4, 0.5) is 0 Å². The zero-order valence-corrected chi connectivity index (χ0v) is 10.2. The van der Waals surface area contributed by atoms with Crippen LogP contribution in [-0.4, -0.2) is 40.5 Å². The Bertz CT molecular complexity index is 401. The lowest BCUT2D eigenvalue weighted by Gasteiger charge is -2.17. The number of carboxylic acid groups (broad SMARTS) is 1. The molecule has 88 valence electrons. The van der Waals surface area contributed by atoms with Crippen LogP contribution in [0.1, 0.15) is 34.1 Å². The van der Waals surface area contributed by atoms with Gasteiger partial charge in [-0.1, -0.05) is 13.8 Å². The van der Waals surface area contributed by atoms with Crippen molar-refractivity contribution < 1.29 is 14.7 Å². The fraction of sp³-hybridized carbons (Fsp3) is 0.500. The van der Waals surface area contributed by atoms with E-state index in [-0.39, 0.29) is 16.6 Å². The first-order valence-electron chi connectivity index (χ1n) is 4.86. The van der Waals surface area contributed by atoms with Crippen LogP contribution >= 0.6 is 11.3 Å². The van der Waals surface area contributed by atoms with E-state index in [9.17, 15) is 9.59 Å². The highest BCUT2D eigenvalue weighted by atomic mass is 32.1. The monoisotopic (exact) mass is 242 g/mol. The molecule has 0 spiro atoms. The van der Waals surface area contributed by atoms with Crippen molar-refractivity contribution in [2.75, 3.05) is 13.6 Å². The van der Waals surface area contributed by atoms with Gasteiger partial charge >= 0.3 is 5.97 Å². The Morgan fingerprint density at radius 1 is 1.56 bits per heavy atom. The minimum Gasteiger partial charge on any atom is -0.476 e. The van der Waals surface area contributed by atoms with E-state index >= 15 is 0 Å². The second kappa shape index (κ2) is 5.07. The lowest BCUT2D eigenvalue weighted by atomic mass is 10.2. The number of carboxylic acids is 1. The minimum absolute atomic E-state index is 0.0775. The van der Waals surface area contributed by atoms with Crippen molar-refractivity contribution in [1.29, 1.82) is 0 Å². The molecule has 5 nitrogen and oxygen atoms in total. The van der Waals surface area contributed by atoms with Crippen LogP contribution in [0.25, 0.3) is 0 Å². The Kier molecular flexibility index (Phi) is 4.00. The van der Waals surface area contributed by atoms with E-state index in [4.69, 9.17) is 5.11 Å². The summed E-state index contributed by atoms with van der Waals surface area (Å²) in [5, 5.41) is 10.3. The van der Waals surface area contributed by atoms with Gasteiger partial charge in [-0.2, -0.15) is 0 Å². The molecule has 1 N–H and O–H groups in total. The zero-order chi connectivity index (χ0) is 12.3. The number of thiazole rings is 1. The quantitative estimate of drug-likeness (QED) is 0.870. The van der Waals surface area contributed by atoms with Gasteiger partial charge in [0.25, 0.3) is 5.91 Å². The van der Waals surface area contributed by atoms with Gasteiger partial charge in [-0.15, -0.1) is 11.3 Å². The van der Waals surface area contributed by atoms with Crippen molar-refractivity contribution in [2.24, 2.45) is 5.92 Å². The molecule has 0 radical (unpaired) electrons. The van der Waals surface area contributed by atoms with Gasteiger partial charge in [0.15, 0.2) is 10.7 Å². The van der Waals surface area contributed by atoms with Crippen molar-refractivity contribution in [3.05, 3.63) is 16.1 Å². The van der Waals surface area contributed by atoms with Crippen LogP contribution in [-0.2, 0) is 0 Å². The average molecular weight is 242 g/mol. The summed E-state index contributed by atoms with van der Waals surface area (Å²) < 4.78 is 0. The lowest BCUT2D eigenvalue weighted by molar-refractivity contribution is 0.0691. The topological polar surface area (TPSA) is 70.5 Å². The van der Waals surface area contributed by atoms with Crippen molar-refractivity contribution in [3.8, 4) is 0 Å². The number of aromatic nitrogens is 1. The summed E-state index contributed by atoms with van der Waals surface area (Å²) >= 11 is 1.06. The second-order valence-electron chi connectivity index (χ2n) is 3.92. The van der Waals surface area contributed by atoms with E-state index in [0.717, 1.165) is 11.3 Å². The number of hydrogen-bond donors (Lipinski definition) is 1. The van der Waals surface area contributed by atoms with Gasteiger partial charge in [0.1, 0.15) is 0 Å². The van der Waals surface area contributed by atoms with Gasteiger partial charge in [0, 0.05) is 19.0 Å². The number of nitrogens with zero attached hydrogens (tertiary/aromatic N) is 2. The van der Waals surface area contributed by atoms with Crippen molar-refractivity contribution in [3.63, 3.8) is 0 Å². The Labute approximate surface area is 97.7 Å². The molecule has 0 bridgehead atoms. The van der Waals surface area contributed by atoms with Crippen LogP contribution in [0.2, 0.25) is 0 Å². The molecule has 0 atom stereocenters. The Hall–Kier alpha value is -1.43.